The van der Waals surface area contributed by atoms with Gasteiger partial charge in [0.25, 0.3) is 0 Å². The number of nitrogens with zero attached hydrogens (tertiary/aromatic N) is 1. The van der Waals surface area contributed by atoms with Crippen LogP contribution in [0.5, 0.6) is 5.95 Å². The van der Waals surface area contributed by atoms with Gasteiger partial charge in [-0.2, -0.15) is 0 Å². The Kier molecular flexibility index (Phi) is 2.74. The fraction of sp³-hybridized carbons (Fsp3) is 0.667. The fourth-order valence-electron chi connectivity index (χ4n) is 0.915. The Hall–Kier alpha value is -0.990. The number of hydrogen-bond acceptors (Lipinski definition) is 3. The normalized spacial score (nSPS) is 10.8. The number of aromatic nitrogens is 1. The Morgan fingerprint density at radius 1 is 1.50 bits per heavy atom. The Morgan fingerprint density at radius 3 is 2.58 bits per heavy atom. The second kappa shape index (κ2) is 3.61. The molecule has 0 saturated heterocycles. The zero-order valence-corrected chi connectivity index (χ0v) is 8.05. The van der Waals surface area contributed by atoms with Crippen LogP contribution in [-0.2, 0) is 0 Å². The van der Waals surface area contributed by atoms with Gasteiger partial charge in [0.1, 0.15) is 5.69 Å². The van der Waals surface area contributed by atoms with Crippen molar-refractivity contribution in [2.45, 2.75) is 33.6 Å². The van der Waals surface area contributed by atoms with Crippen molar-refractivity contribution in [3.63, 3.8) is 0 Å². The van der Waals surface area contributed by atoms with Gasteiger partial charge in [-0.1, -0.05) is 13.8 Å². The molecule has 0 aliphatic rings. The minimum Gasteiger partial charge on any atom is -0.464 e. The van der Waals surface area contributed by atoms with Crippen molar-refractivity contribution in [1.82, 2.24) is 4.98 Å². The molecule has 0 aliphatic heterocycles. The third kappa shape index (κ3) is 1.78. The molecule has 0 N–H and O–H groups in total. The van der Waals surface area contributed by atoms with Crippen molar-refractivity contribution in [1.29, 1.82) is 0 Å². The lowest BCUT2D eigenvalue weighted by atomic mass is 10.2. The van der Waals surface area contributed by atoms with Crippen molar-refractivity contribution in [3.8, 4) is 5.95 Å². The molecular formula is C9H15NO2. The number of oxazole rings is 1. The van der Waals surface area contributed by atoms with Crippen molar-refractivity contribution in [2.24, 2.45) is 0 Å². The van der Waals surface area contributed by atoms with Crippen molar-refractivity contribution in [3.05, 3.63) is 11.6 Å². The van der Waals surface area contributed by atoms with Crippen LogP contribution in [0.1, 0.15) is 38.3 Å². The summed E-state index contributed by atoms with van der Waals surface area (Å²) in [5, 5.41) is 0. The van der Waals surface area contributed by atoms with Crippen LogP contribution in [0.3, 0.4) is 0 Å². The molecule has 0 amide bonds. The second-order valence-corrected chi connectivity index (χ2v) is 3.01. The first-order chi connectivity index (χ1) is 5.65. The highest BCUT2D eigenvalue weighted by atomic mass is 16.6. The summed E-state index contributed by atoms with van der Waals surface area (Å²) in [6, 6.07) is 0. The largest absolute Gasteiger partial charge is 0.464 e. The van der Waals surface area contributed by atoms with E-state index in [2.05, 4.69) is 4.98 Å². The van der Waals surface area contributed by atoms with Gasteiger partial charge in [-0.3, -0.25) is 0 Å². The molecular weight excluding hydrogens is 154 g/mol. The number of rotatable bonds is 3. The zero-order valence-electron chi connectivity index (χ0n) is 8.05. The van der Waals surface area contributed by atoms with E-state index in [1.807, 2.05) is 27.7 Å². The third-order valence-electron chi connectivity index (χ3n) is 1.54. The lowest BCUT2D eigenvalue weighted by Crippen LogP contribution is -1.90. The van der Waals surface area contributed by atoms with E-state index < -0.39 is 0 Å². The maximum Gasteiger partial charge on any atom is 0.308 e. The van der Waals surface area contributed by atoms with Crippen molar-refractivity contribution in [2.75, 3.05) is 6.61 Å². The standard InChI is InChI=1S/C9H15NO2/c1-5-11-9-7(4)10-8(12-9)6(2)3/h6H,5H2,1-4H3. The Morgan fingerprint density at radius 2 is 2.17 bits per heavy atom. The first-order valence-electron chi connectivity index (χ1n) is 4.25. The minimum absolute atomic E-state index is 0.318. The Labute approximate surface area is 72.7 Å². The van der Waals surface area contributed by atoms with Gasteiger partial charge in [0.15, 0.2) is 0 Å². The molecule has 0 radical (unpaired) electrons. The monoisotopic (exact) mass is 169 g/mol. The first-order valence-corrected chi connectivity index (χ1v) is 4.25. The number of aryl methyl sites for hydroxylation is 1. The van der Waals surface area contributed by atoms with Gasteiger partial charge in [0, 0.05) is 5.92 Å². The Bertz CT molecular complexity index is 253. The highest BCUT2D eigenvalue weighted by Crippen LogP contribution is 2.23. The predicted molar refractivity (Wildman–Crippen MR) is 46.5 cm³/mol. The lowest BCUT2D eigenvalue weighted by Gasteiger charge is -1.97. The summed E-state index contributed by atoms with van der Waals surface area (Å²) in [5.41, 5.74) is 0.834. The van der Waals surface area contributed by atoms with Crippen LogP contribution in [-0.4, -0.2) is 11.6 Å². The molecule has 0 aliphatic carbocycles. The molecule has 0 bridgehead atoms. The molecule has 0 fully saturated rings. The van der Waals surface area contributed by atoms with Crippen molar-refractivity contribution < 1.29 is 9.15 Å². The van der Waals surface area contributed by atoms with Crippen molar-refractivity contribution >= 4 is 0 Å². The van der Waals surface area contributed by atoms with E-state index in [0.717, 1.165) is 11.6 Å². The van der Waals surface area contributed by atoms with Crippen LogP contribution >= 0.6 is 0 Å². The highest BCUT2D eigenvalue weighted by Gasteiger charge is 2.12. The van der Waals surface area contributed by atoms with E-state index in [1.54, 1.807) is 0 Å². The molecule has 3 nitrogen and oxygen atoms in total. The van der Waals surface area contributed by atoms with Gasteiger partial charge < -0.3 is 9.15 Å². The smallest absolute Gasteiger partial charge is 0.308 e. The maximum atomic E-state index is 5.38. The predicted octanol–water partition coefficient (Wildman–Crippen LogP) is 2.51. The maximum absolute atomic E-state index is 5.38. The topological polar surface area (TPSA) is 35.3 Å². The van der Waals surface area contributed by atoms with Gasteiger partial charge in [-0.15, -0.1) is 0 Å². The van der Waals surface area contributed by atoms with Gasteiger partial charge in [0.2, 0.25) is 5.89 Å². The van der Waals surface area contributed by atoms with Gasteiger partial charge in [0.05, 0.1) is 6.61 Å². The van der Waals surface area contributed by atoms with E-state index in [1.165, 1.54) is 0 Å². The molecule has 1 aromatic heterocycles. The third-order valence-corrected chi connectivity index (χ3v) is 1.54. The van der Waals surface area contributed by atoms with Crippen LogP contribution < -0.4 is 4.74 Å². The summed E-state index contributed by atoms with van der Waals surface area (Å²) in [5.74, 6) is 1.62. The molecule has 0 atom stereocenters. The van der Waals surface area contributed by atoms with E-state index in [9.17, 15) is 0 Å². The van der Waals surface area contributed by atoms with Crippen LogP contribution in [0.15, 0.2) is 4.42 Å². The average Bonchev–Trinajstić information content (AvgIpc) is 2.34. The molecule has 1 rings (SSSR count). The molecule has 1 heterocycles. The van der Waals surface area contributed by atoms with Gasteiger partial charge in [-0.05, 0) is 13.8 Å². The quantitative estimate of drug-likeness (QED) is 0.697. The summed E-state index contributed by atoms with van der Waals surface area (Å²) in [6.07, 6.45) is 0. The second-order valence-electron chi connectivity index (χ2n) is 3.01. The van der Waals surface area contributed by atoms with E-state index in [-0.39, 0.29) is 0 Å². The van der Waals surface area contributed by atoms with E-state index in [4.69, 9.17) is 9.15 Å². The highest BCUT2D eigenvalue weighted by molar-refractivity contribution is 5.14. The minimum atomic E-state index is 0.318. The van der Waals surface area contributed by atoms with Gasteiger partial charge in [-0.25, -0.2) is 4.98 Å². The molecule has 3 heteroatoms. The summed E-state index contributed by atoms with van der Waals surface area (Å²) in [7, 11) is 0. The molecule has 0 spiro atoms. The van der Waals surface area contributed by atoms with E-state index >= 15 is 0 Å². The van der Waals surface area contributed by atoms with Crippen LogP contribution in [0.25, 0.3) is 0 Å². The molecule has 0 saturated carbocycles. The molecule has 68 valence electrons. The molecule has 12 heavy (non-hydrogen) atoms. The number of ether oxygens (including phenoxy) is 1. The molecule has 0 aromatic carbocycles. The molecule has 0 unspecified atom stereocenters. The first kappa shape index (κ1) is 9.10. The Balaban J connectivity index is 2.85. The average molecular weight is 169 g/mol. The van der Waals surface area contributed by atoms with Gasteiger partial charge >= 0.3 is 5.95 Å². The number of hydrogen-bond donors (Lipinski definition) is 0. The summed E-state index contributed by atoms with van der Waals surface area (Å²) in [6.45, 7) is 8.52. The molecule has 1 aromatic rings. The fourth-order valence-corrected chi connectivity index (χ4v) is 0.915. The van der Waals surface area contributed by atoms with Crippen LogP contribution in [0, 0.1) is 6.92 Å². The SMILES string of the molecule is CCOc1oc(C(C)C)nc1C. The lowest BCUT2D eigenvalue weighted by molar-refractivity contribution is 0.245. The summed E-state index contributed by atoms with van der Waals surface area (Å²) < 4.78 is 10.6. The zero-order chi connectivity index (χ0) is 9.14. The van der Waals surface area contributed by atoms with Crippen LogP contribution in [0.2, 0.25) is 0 Å². The van der Waals surface area contributed by atoms with E-state index in [0.29, 0.717) is 18.5 Å². The summed E-state index contributed by atoms with van der Waals surface area (Å²) in [4.78, 5) is 4.24. The van der Waals surface area contributed by atoms with Crippen LogP contribution in [0.4, 0.5) is 0 Å². The summed E-state index contributed by atoms with van der Waals surface area (Å²) >= 11 is 0.